The first-order valence-corrected chi connectivity index (χ1v) is 12.5. The second kappa shape index (κ2) is 11.0. The van der Waals surface area contributed by atoms with Crippen molar-refractivity contribution < 1.29 is 22.7 Å². The largest absolute Gasteiger partial charge is 0.462 e. The van der Waals surface area contributed by atoms with Gasteiger partial charge in [0.15, 0.2) is 0 Å². The highest BCUT2D eigenvalue weighted by molar-refractivity contribution is 7.89. The fourth-order valence-electron chi connectivity index (χ4n) is 3.22. The molecule has 1 aliphatic rings. The lowest BCUT2D eigenvalue weighted by molar-refractivity contribution is -0.125. The van der Waals surface area contributed by atoms with Crippen molar-refractivity contribution in [1.29, 1.82) is 0 Å². The molecular formula is C22H23ClN6O5S. The Kier molecular flexibility index (Phi) is 7.76. The zero-order valence-corrected chi connectivity index (χ0v) is 20.3. The molecule has 1 fully saturated rings. The molecule has 1 aromatic heterocycles. The van der Waals surface area contributed by atoms with Gasteiger partial charge in [0.25, 0.3) is 5.91 Å². The maximum atomic E-state index is 12.3. The minimum atomic E-state index is -3.66. The highest BCUT2D eigenvalue weighted by Crippen LogP contribution is 2.22. The van der Waals surface area contributed by atoms with Gasteiger partial charge in [-0.15, -0.1) is 0 Å². The van der Waals surface area contributed by atoms with Crippen LogP contribution in [0.1, 0.15) is 5.56 Å². The van der Waals surface area contributed by atoms with Crippen molar-refractivity contribution >= 4 is 44.9 Å². The first-order chi connectivity index (χ1) is 16.8. The summed E-state index contributed by atoms with van der Waals surface area (Å²) < 4.78 is 37.8. The van der Waals surface area contributed by atoms with Crippen molar-refractivity contribution in [2.45, 2.75) is 11.8 Å². The summed E-state index contributed by atoms with van der Waals surface area (Å²) in [5.41, 5.74) is 2.38. The molecule has 0 spiro atoms. The summed E-state index contributed by atoms with van der Waals surface area (Å²) in [7, 11) is -3.66. The zero-order chi connectivity index (χ0) is 24.8. The maximum absolute atomic E-state index is 12.3. The van der Waals surface area contributed by atoms with Crippen LogP contribution in [-0.4, -0.2) is 62.2 Å². The number of ether oxygens (including phenoxy) is 2. The van der Waals surface area contributed by atoms with Crippen LogP contribution < -0.4 is 19.7 Å². The van der Waals surface area contributed by atoms with Crippen LogP contribution in [0.4, 0.5) is 17.3 Å². The second-order valence-electron chi connectivity index (χ2n) is 7.54. The average molecular weight is 519 g/mol. The van der Waals surface area contributed by atoms with Gasteiger partial charge in [0.2, 0.25) is 21.3 Å². The number of nitrogens with zero attached hydrogens (tertiary/aromatic N) is 4. The number of aromatic nitrogens is 3. The molecule has 184 valence electrons. The lowest BCUT2D eigenvalue weighted by Crippen LogP contribution is -2.41. The number of carbonyl (C=O) groups excluding carboxylic acids is 1. The standard InChI is InChI=1S/C22H23ClN6O5S/c1-15-2-8-18(9-3-15)35(31,32)24-10-12-34-22-27-20(23)26-21(28-22)25-16-4-6-17(7-5-16)29-11-13-33-14-19(29)30/h2-9,24H,10-14H2,1H3,(H,25,26,27,28). The van der Waals surface area contributed by atoms with Crippen LogP contribution in [0, 0.1) is 6.92 Å². The normalized spacial score (nSPS) is 14.1. The summed E-state index contributed by atoms with van der Waals surface area (Å²) in [6, 6.07) is 13.6. The number of benzene rings is 2. The smallest absolute Gasteiger partial charge is 0.322 e. The minimum Gasteiger partial charge on any atom is -0.462 e. The van der Waals surface area contributed by atoms with Crippen LogP contribution in [-0.2, 0) is 19.6 Å². The average Bonchev–Trinajstić information content (AvgIpc) is 2.83. The molecule has 3 aromatic rings. The van der Waals surface area contributed by atoms with E-state index < -0.39 is 10.0 Å². The van der Waals surface area contributed by atoms with E-state index in [0.29, 0.717) is 18.8 Å². The molecule has 0 aliphatic carbocycles. The Bertz CT molecular complexity index is 1290. The number of sulfonamides is 1. The van der Waals surface area contributed by atoms with Crippen molar-refractivity contribution in [1.82, 2.24) is 19.7 Å². The van der Waals surface area contributed by atoms with Crippen molar-refractivity contribution in [3.05, 3.63) is 59.4 Å². The molecule has 2 heterocycles. The van der Waals surface area contributed by atoms with E-state index in [1.54, 1.807) is 41.3 Å². The van der Waals surface area contributed by atoms with Gasteiger partial charge in [-0.05, 0) is 54.9 Å². The summed E-state index contributed by atoms with van der Waals surface area (Å²) in [6.07, 6.45) is 0. The number of rotatable bonds is 9. The quantitative estimate of drug-likeness (QED) is 0.409. The molecule has 0 bridgehead atoms. The predicted octanol–water partition coefficient (Wildman–Crippen LogP) is 2.30. The summed E-state index contributed by atoms with van der Waals surface area (Å²) in [4.78, 5) is 25.9. The number of aryl methyl sites for hydroxylation is 1. The van der Waals surface area contributed by atoms with Gasteiger partial charge in [0.05, 0.1) is 11.5 Å². The molecule has 1 saturated heterocycles. The van der Waals surface area contributed by atoms with Gasteiger partial charge in [-0.25, -0.2) is 13.1 Å². The Balaban J connectivity index is 1.33. The summed E-state index contributed by atoms with van der Waals surface area (Å²) in [6.45, 7) is 2.92. The van der Waals surface area contributed by atoms with Crippen molar-refractivity contribution in [2.75, 3.05) is 43.1 Å². The number of nitrogens with one attached hydrogen (secondary N) is 2. The molecular weight excluding hydrogens is 496 g/mol. The van der Waals surface area contributed by atoms with Gasteiger partial charge < -0.3 is 19.7 Å². The molecule has 1 aliphatic heterocycles. The number of hydrogen-bond acceptors (Lipinski definition) is 9. The number of carbonyl (C=O) groups is 1. The van der Waals surface area contributed by atoms with E-state index in [1.165, 1.54) is 12.1 Å². The third kappa shape index (κ3) is 6.63. The number of hydrogen-bond donors (Lipinski definition) is 2. The van der Waals surface area contributed by atoms with E-state index in [4.69, 9.17) is 21.1 Å². The van der Waals surface area contributed by atoms with Gasteiger partial charge >= 0.3 is 6.01 Å². The Labute approximate surface area is 207 Å². The molecule has 1 amide bonds. The lowest BCUT2D eigenvalue weighted by atomic mass is 10.2. The lowest BCUT2D eigenvalue weighted by Gasteiger charge is -2.26. The molecule has 35 heavy (non-hydrogen) atoms. The van der Waals surface area contributed by atoms with Crippen LogP contribution in [0.2, 0.25) is 5.28 Å². The molecule has 0 radical (unpaired) electrons. The van der Waals surface area contributed by atoms with E-state index in [2.05, 4.69) is 25.0 Å². The first kappa shape index (κ1) is 24.8. The van der Waals surface area contributed by atoms with Crippen LogP contribution in [0.3, 0.4) is 0 Å². The molecule has 2 aromatic carbocycles. The van der Waals surface area contributed by atoms with Gasteiger partial charge in [-0.1, -0.05) is 17.7 Å². The summed E-state index contributed by atoms with van der Waals surface area (Å²) >= 11 is 5.99. The van der Waals surface area contributed by atoms with Crippen molar-refractivity contribution in [2.24, 2.45) is 0 Å². The van der Waals surface area contributed by atoms with Crippen molar-refractivity contribution in [3.63, 3.8) is 0 Å². The van der Waals surface area contributed by atoms with E-state index in [-0.39, 0.29) is 47.8 Å². The van der Waals surface area contributed by atoms with E-state index >= 15 is 0 Å². The molecule has 13 heteroatoms. The third-order valence-electron chi connectivity index (χ3n) is 4.97. The number of halogens is 1. The van der Waals surface area contributed by atoms with E-state index in [9.17, 15) is 13.2 Å². The van der Waals surface area contributed by atoms with Crippen molar-refractivity contribution in [3.8, 4) is 6.01 Å². The molecule has 0 unspecified atom stereocenters. The van der Waals surface area contributed by atoms with E-state index in [0.717, 1.165) is 11.3 Å². The Morgan fingerprint density at radius 2 is 1.83 bits per heavy atom. The fraction of sp³-hybridized carbons (Fsp3) is 0.273. The Morgan fingerprint density at radius 1 is 1.09 bits per heavy atom. The molecule has 2 N–H and O–H groups in total. The topological polar surface area (TPSA) is 136 Å². The molecule has 4 rings (SSSR count). The molecule has 0 saturated carbocycles. The van der Waals surface area contributed by atoms with Gasteiger partial charge in [0, 0.05) is 24.5 Å². The SMILES string of the molecule is Cc1ccc(S(=O)(=O)NCCOc2nc(Cl)nc(Nc3ccc(N4CCOCC4=O)cc3)n2)cc1. The number of anilines is 3. The van der Waals surface area contributed by atoms with Crippen LogP contribution in [0.5, 0.6) is 6.01 Å². The van der Waals surface area contributed by atoms with Gasteiger partial charge in [-0.2, -0.15) is 15.0 Å². The number of amides is 1. The monoisotopic (exact) mass is 518 g/mol. The first-order valence-electron chi connectivity index (χ1n) is 10.7. The maximum Gasteiger partial charge on any atom is 0.322 e. The van der Waals surface area contributed by atoms with Crippen LogP contribution in [0.25, 0.3) is 0 Å². The van der Waals surface area contributed by atoms with Gasteiger partial charge in [0.1, 0.15) is 13.2 Å². The van der Waals surface area contributed by atoms with E-state index in [1.807, 2.05) is 6.92 Å². The Hall–Kier alpha value is -3.32. The highest BCUT2D eigenvalue weighted by Gasteiger charge is 2.20. The Morgan fingerprint density at radius 3 is 2.54 bits per heavy atom. The molecule has 0 atom stereocenters. The van der Waals surface area contributed by atoms with Crippen LogP contribution in [0.15, 0.2) is 53.4 Å². The third-order valence-corrected chi connectivity index (χ3v) is 6.61. The highest BCUT2D eigenvalue weighted by atomic mass is 35.5. The number of morpholine rings is 1. The zero-order valence-electron chi connectivity index (χ0n) is 18.8. The summed E-state index contributed by atoms with van der Waals surface area (Å²) in [5, 5.41) is 2.91. The fourth-order valence-corrected chi connectivity index (χ4v) is 4.38. The predicted molar refractivity (Wildman–Crippen MR) is 130 cm³/mol. The van der Waals surface area contributed by atoms with Gasteiger partial charge in [-0.3, -0.25) is 4.79 Å². The van der Waals surface area contributed by atoms with Crippen LogP contribution >= 0.6 is 11.6 Å². The minimum absolute atomic E-state index is 0.00396. The summed E-state index contributed by atoms with van der Waals surface area (Å²) in [5.74, 6) is 0.0552. The molecule has 11 nitrogen and oxygen atoms in total. The second-order valence-corrected chi connectivity index (χ2v) is 9.64.